The van der Waals surface area contributed by atoms with Crippen LogP contribution in [-0.4, -0.2) is 6.04 Å². The van der Waals surface area contributed by atoms with Gasteiger partial charge in [-0.1, -0.05) is 36.8 Å². The monoisotopic (exact) mass is 269 g/mol. The highest BCUT2D eigenvalue weighted by Crippen LogP contribution is 2.27. The molecule has 2 aromatic carbocycles. The Morgan fingerprint density at radius 2 is 1.80 bits per heavy atom. The Balaban J connectivity index is 2.26. The minimum Gasteiger partial charge on any atom is -0.457 e. The predicted octanol–water partition coefficient (Wildman–Crippen LogP) is 4.38. The van der Waals surface area contributed by atoms with E-state index in [4.69, 9.17) is 10.5 Å². The number of nitrogens with two attached hydrogens (primary N) is 1. The van der Waals surface area contributed by atoms with Crippen LogP contribution in [0.1, 0.15) is 30.0 Å². The molecule has 0 spiro atoms. The van der Waals surface area contributed by atoms with Crippen LogP contribution < -0.4 is 10.5 Å². The lowest BCUT2D eigenvalue weighted by atomic mass is 10.0. The molecule has 0 aliphatic carbocycles. The number of aryl methyl sites for hydroxylation is 2. The molecule has 0 amide bonds. The summed E-state index contributed by atoms with van der Waals surface area (Å²) < 4.78 is 6.04. The molecule has 106 valence electrons. The summed E-state index contributed by atoms with van der Waals surface area (Å²) in [5.41, 5.74) is 9.70. The van der Waals surface area contributed by atoms with Crippen LogP contribution in [0.15, 0.2) is 42.5 Å². The van der Waals surface area contributed by atoms with Gasteiger partial charge in [-0.25, -0.2) is 0 Å². The molecule has 2 nitrogen and oxygen atoms in total. The van der Waals surface area contributed by atoms with Crippen LogP contribution in [0.3, 0.4) is 0 Å². The lowest BCUT2D eigenvalue weighted by Gasteiger charge is -2.15. The van der Waals surface area contributed by atoms with E-state index in [2.05, 4.69) is 39.0 Å². The van der Waals surface area contributed by atoms with Crippen LogP contribution >= 0.6 is 0 Å². The van der Waals surface area contributed by atoms with Gasteiger partial charge in [0, 0.05) is 6.04 Å². The van der Waals surface area contributed by atoms with Gasteiger partial charge in [-0.2, -0.15) is 0 Å². The molecule has 0 heterocycles. The third-order valence-electron chi connectivity index (χ3n) is 3.44. The Morgan fingerprint density at radius 3 is 2.50 bits per heavy atom. The molecule has 2 heteroatoms. The predicted molar refractivity (Wildman–Crippen MR) is 84.4 cm³/mol. The summed E-state index contributed by atoms with van der Waals surface area (Å²) in [5, 5.41) is 0. The zero-order valence-electron chi connectivity index (χ0n) is 12.5. The van der Waals surface area contributed by atoms with Crippen LogP contribution in [0, 0.1) is 13.8 Å². The van der Waals surface area contributed by atoms with Gasteiger partial charge in [0.1, 0.15) is 11.5 Å². The second-order valence-electron chi connectivity index (χ2n) is 5.40. The fourth-order valence-corrected chi connectivity index (χ4v) is 2.20. The molecule has 2 rings (SSSR count). The van der Waals surface area contributed by atoms with E-state index in [-0.39, 0.29) is 6.04 Å². The molecule has 20 heavy (non-hydrogen) atoms. The molecule has 0 aliphatic heterocycles. The summed E-state index contributed by atoms with van der Waals surface area (Å²) >= 11 is 0. The normalized spacial score (nSPS) is 12.2. The van der Waals surface area contributed by atoms with Gasteiger partial charge in [-0.15, -0.1) is 0 Å². The van der Waals surface area contributed by atoms with E-state index in [1.807, 2.05) is 24.3 Å². The molecule has 0 aromatic heterocycles. The van der Waals surface area contributed by atoms with Crippen molar-refractivity contribution in [2.24, 2.45) is 5.73 Å². The molecule has 0 radical (unpaired) electrons. The first-order valence-corrected chi connectivity index (χ1v) is 7.18. The van der Waals surface area contributed by atoms with Crippen molar-refractivity contribution in [3.63, 3.8) is 0 Å². The zero-order chi connectivity index (χ0) is 14.5. The summed E-state index contributed by atoms with van der Waals surface area (Å²) in [4.78, 5) is 0. The smallest absolute Gasteiger partial charge is 0.130 e. The summed E-state index contributed by atoms with van der Waals surface area (Å²) in [5.74, 6) is 1.78. The number of benzene rings is 2. The van der Waals surface area contributed by atoms with Gasteiger partial charge in [-0.3, -0.25) is 0 Å². The number of hydrogen-bond donors (Lipinski definition) is 1. The summed E-state index contributed by atoms with van der Waals surface area (Å²) in [6, 6.07) is 14.6. The lowest BCUT2D eigenvalue weighted by Crippen LogP contribution is -2.21. The maximum Gasteiger partial charge on any atom is 0.130 e. The molecule has 1 unspecified atom stereocenters. The summed E-state index contributed by atoms with van der Waals surface area (Å²) in [6.45, 7) is 6.27. The molecule has 0 bridgehead atoms. The maximum atomic E-state index is 6.09. The molecule has 0 aliphatic rings. The van der Waals surface area contributed by atoms with Crippen molar-refractivity contribution in [3.05, 3.63) is 59.2 Å². The van der Waals surface area contributed by atoms with Gasteiger partial charge < -0.3 is 10.5 Å². The van der Waals surface area contributed by atoms with Crippen molar-refractivity contribution in [1.82, 2.24) is 0 Å². The molecule has 0 saturated carbocycles. The van der Waals surface area contributed by atoms with Crippen LogP contribution in [0.25, 0.3) is 0 Å². The average molecular weight is 269 g/mol. The van der Waals surface area contributed by atoms with Crippen LogP contribution in [0.5, 0.6) is 11.5 Å². The molecule has 2 N–H and O–H groups in total. The first-order valence-electron chi connectivity index (χ1n) is 7.18. The fourth-order valence-electron chi connectivity index (χ4n) is 2.20. The SMILES string of the molecule is CCC(N)Cc1cc(C)ccc1Oc1cccc(C)c1. The van der Waals surface area contributed by atoms with Crippen molar-refractivity contribution in [2.75, 3.05) is 0 Å². The number of hydrogen-bond acceptors (Lipinski definition) is 2. The van der Waals surface area contributed by atoms with E-state index < -0.39 is 0 Å². The highest BCUT2D eigenvalue weighted by Gasteiger charge is 2.09. The van der Waals surface area contributed by atoms with Crippen LogP contribution in [0.2, 0.25) is 0 Å². The topological polar surface area (TPSA) is 35.2 Å². The van der Waals surface area contributed by atoms with Crippen molar-refractivity contribution >= 4 is 0 Å². The van der Waals surface area contributed by atoms with E-state index in [1.54, 1.807) is 0 Å². The first-order chi connectivity index (χ1) is 9.58. The standard InChI is InChI=1S/C18H23NO/c1-4-16(19)12-15-10-14(3)8-9-18(15)20-17-7-5-6-13(2)11-17/h5-11,16H,4,12,19H2,1-3H3. The van der Waals surface area contributed by atoms with Crippen molar-refractivity contribution in [2.45, 2.75) is 39.7 Å². The Kier molecular flexibility index (Phi) is 4.80. The largest absolute Gasteiger partial charge is 0.457 e. The average Bonchev–Trinajstić information content (AvgIpc) is 2.42. The van der Waals surface area contributed by atoms with E-state index in [0.29, 0.717) is 0 Å². The Morgan fingerprint density at radius 1 is 1.05 bits per heavy atom. The minimum absolute atomic E-state index is 0.177. The first kappa shape index (κ1) is 14.6. The van der Waals surface area contributed by atoms with E-state index in [9.17, 15) is 0 Å². The highest BCUT2D eigenvalue weighted by atomic mass is 16.5. The van der Waals surface area contributed by atoms with Gasteiger partial charge in [0.15, 0.2) is 0 Å². The third-order valence-corrected chi connectivity index (χ3v) is 3.44. The van der Waals surface area contributed by atoms with Crippen molar-refractivity contribution in [3.8, 4) is 11.5 Å². The van der Waals surface area contributed by atoms with Gasteiger partial charge in [-0.05, 0) is 56.0 Å². The third kappa shape index (κ3) is 3.84. The highest BCUT2D eigenvalue weighted by molar-refractivity contribution is 5.41. The van der Waals surface area contributed by atoms with Crippen LogP contribution in [-0.2, 0) is 6.42 Å². The Hall–Kier alpha value is -1.80. The van der Waals surface area contributed by atoms with E-state index in [1.165, 1.54) is 16.7 Å². The molecule has 1 atom stereocenters. The molecular weight excluding hydrogens is 246 g/mol. The Labute approximate surface area is 121 Å². The fraction of sp³-hybridized carbons (Fsp3) is 0.333. The lowest BCUT2D eigenvalue weighted by molar-refractivity contribution is 0.471. The van der Waals surface area contributed by atoms with Crippen molar-refractivity contribution < 1.29 is 4.74 Å². The molecule has 2 aromatic rings. The quantitative estimate of drug-likeness (QED) is 0.874. The van der Waals surface area contributed by atoms with Gasteiger partial charge in [0.25, 0.3) is 0 Å². The number of rotatable bonds is 5. The molecule has 0 fully saturated rings. The summed E-state index contributed by atoms with van der Waals surface area (Å²) in [6.07, 6.45) is 1.82. The zero-order valence-corrected chi connectivity index (χ0v) is 12.5. The van der Waals surface area contributed by atoms with Gasteiger partial charge in [0.2, 0.25) is 0 Å². The second-order valence-corrected chi connectivity index (χ2v) is 5.40. The molecule has 0 saturated heterocycles. The summed E-state index contributed by atoms with van der Waals surface area (Å²) in [7, 11) is 0. The van der Waals surface area contributed by atoms with Gasteiger partial charge >= 0.3 is 0 Å². The number of ether oxygens (including phenoxy) is 1. The second kappa shape index (κ2) is 6.58. The van der Waals surface area contributed by atoms with Crippen molar-refractivity contribution in [1.29, 1.82) is 0 Å². The van der Waals surface area contributed by atoms with E-state index >= 15 is 0 Å². The minimum atomic E-state index is 0.177. The molecular formula is C18H23NO. The van der Waals surface area contributed by atoms with Crippen LogP contribution in [0.4, 0.5) is 0 Å². The maximum absolute atomic E-state index is 6.09. The van der Waals surface area contributed by atoms with E-state index in [0.717, 1.165) is 24.3 Å². The van der Waals surface area contributed by atoms with Gasteiger partial charge in [0.05, 0.1) is 0 Å². The Bertz CT molecular complexity index is 577.